The molecule has 2 aliphatic heterocycles. The van der Waals surface area contributed by atoms with E-state index in [-0.39, 0.29) is 17.6 Å². The fraction of sp³-hybridized carbons (Fsp3) is 0.917. The summed E-state index contributed by atoms with van der Waals surface area (Å²) in [4.78, 5) is 14.2. The third-order valence-electron chi connectivity index (χ3n) is 3.35. The zero-order valence-corrected chi connectivity index (χ0v) is 10.7. The number of nitrogens with zero attached hydrogens (tertiary/aromatic N) is 1. The summed E-state index contributed by atoms with van der Waals surface area (Å²) in [6, 6.07) is 0. The summed E-state index contributed by atoms with van der Waals surface area (Å²) in [6.45, 7) is 8.39. The van der Waals surface area contributed by atoms with Crippen molar-refractivity contribution in [2.24, 2.45) is 0 Å². The van der Waals surface area contributed by atoms with E-state index in [4.69, 9.17) is 9.47 Å². The Hall–Kier alpha value is -0.650. The number of hydrogen-bond acceptors (Lipinski definition) is 4. The van der Waals surface area contributed by atoms with Gasteiger partial charge in [-0.3, -0.25) is 4.79 Å². The number of hydrogen-bond donors (Lipinski definition) is 1. The van der Waals surface area contributed by atoms with Crippen LogP contribution in [0.5, 0.6) is 0 Å². The largest absolute Gasteiger partial charge is 0.377 e. The van der Waals surface area contributed by atoms with E-state index in [0.717, 1.165) is 13.1 Å². The summed E-state index contributed by atoms with van der Waals surface area (Å²) >= 11 is 0. The van der Waals surface area contributed by atoms with E-state index < -0.39 is 0 Å². The lowest BCUT2D eigenvalue weighted by molar-refractivity contribution is -0.149. The van der Waals surface area contributed by atoms with Crippen LogP contribution in [0.15, 0.2) is 0 Å². The smallest absolute Gasteiger partial charge is 0.225 e. The molecule has 98 valence electrons. The molecule has 0 radical (unpaired) electrons. The Balaban J connectivity index is 1.89. The highest BCUT2D eigenvalue weighted by atomic mass is 16.5. The van der Waals surface area contributed by atoms with Crippen LogP contribution in [0.4, 0.5) is 0 Å². The monoisotopic (exact) mass is 242 g/mol. The molecule has 1 atom stereocenters. The van der Waals surface area contributed by atoms with Gasteiger partial charge in [-0.1, -0.05) is 0 Å². The van der Waals surface area contributed by atoms with Gasteiger partial charge in [0.25, 0.3) is 0 Å². The van der Waals surface area contributed by atoms with Crippen molar-refractivity contribution in [2.75, 3.05) is 39.5 Å². The van der Waals surface area contributed by atoms with Crippen LogP contribution >= 0.6 is 0 Å². The van der Waals surface area contributed by atoms with Crippen molar-refractivity contribution >= 4 is 5.91 Å². The molecular formula is C12H22N2O3. The summed E-state index contributed by atoms with van der Waals surface area (Å²) in [7, 11) is 0. The van der Waals surface area contributed by atoms with Crippen LogP contribution in [-0.4, -0.2) is 61.9 Å². The second-order valence-electron chi connectivity index (χ2n) is 5.31. The minimum absolute atomic E-state index is 0.0231. The Morgan fingerprint density at radius 2 is 2.29 bits per heavy atom. The van der Waals surface area contributed by atoms with Crippen LogP contribution in [0.2, 0.25) is 0 Å². The minimum Gasteiger partial charge on any atom is -0.377 e. The first-order chi connectivity index (χ1) is 8.09. The average molecular weight is 242 g/mol. The maximum Gasteiger partial charge on any atom is 0.225 e. The van der Waals surface area contributed by atoms with E-state index in [1.54, 1.807) is 0 Å². The average Bonchev–Trinajstić information content (AvgIpc) is 2.29. The lowest BCUT2D eigenvalue weighted by atomic mass is 10.0. The number of carbonyl (C=O) groups is 1. The Bertz CT molecular complexity index is 275. The van der Waals surface area contributed by atoms with Crippen LogP contribution in [0.3, 0.4) is 0 Å². The van der Waals surface area contributed by atoms with Crippen LogP contribution in [-0.2, 0) is 14.3 Å². The van der Waals surface area contributed by atoms with Crippen LogP contribution in [0, 0.1) is 0 Å². The van der Waals surface area contributed by atoms with E-state index in [9.17, 15) is 4.79 Å². The molecule has 0 aromatic rings. The molecule has 5 heteroatoms. The molecule has 1 unspecified atom stereocenters. The Morgan fingerprint density at radius 3 is 2.94 bits per heavy atom. The molecule has 17 heavy (non-hydrogen) atoms. The fourth-order valence-corrected chi connectivity index (χ4v) is 2.38. The molecule has 2 rings (SSSR count). The third-order valence-corrected chi connectivity index (χ3v) is 3.35. The van der Waals surface area contributed by atoms with E-state index in [2.05, 4.69) is 5.32 Å². The standard InChI is InChI=1S/C12H22N2O3/c1-12(2)9-16-6-4-14(12)11(15)7-10-8-13-3-5-17-10/h10,13H,3-9H2,1-2H3. The molecule has 2 saturated heterocycles. The first kappa shape index (κ1) is 12.8. The van der Waals surface area contributed by atoms with Gasteiger partial charge in [-0.2, -0.15) is 0 Å². The Kier molecular flexibility index (Phi) is 4.01. The Labute approximate surface area is 102 Å². The van der Waals surface area contributed by atoms with Crippen molar-refractivity contribution in [3.05, 3.63) is 0 Å². The second kappa shape index (κ2) is 5.33. The molecule has 5 nitrogen and oxygen atoms in total. The number of amides is 1. The molecule has 2 heterocycles. The SMILES string of the molecule is CC1(C)COCCN1C(=O)CC1CNCCO1. The maximum absolute atomic E-state index is 12.2. The molecule has 2 fully saturated rings. The zero-order chi connectivity index (χ0) is 12.3. The molecule has 0 aromatic heterocycles. The van der Waals surface area contributed by atoms with E-state index in [0.29, 0.717) is 32.8 Å². The molecule has 0 spiro atoms. The first-order valence-electron chi connectivity index (χ1n) is 6.30. The number of morpholine rings is 2. The van der Waals surface area contributed by atoms with Crippen molar-refractivity contribution in [3.8, 4) is 0 Å². The van der Waals surface area contributed by atoms with E-state index in [1.807, 2.05) is 18.7 Å². The fourth-order valence-electron chi connectivity index (χ4n) is 2.38. The summed E-state index contributed by atoms with van der Waals surface area (Å²) in [5.74, 6) is 0.173. The minimum atomic E-state index is -0.197. The normalized spacial score (nSPS) is 29.1. The number of ether oxygens (including phenoxy) is 2. The van der Waals surface area contributed by atoms with Gasteiger partial charge in [-0.05, 0) is 13.8 Å². The van der Waals surface area contributed by atoms with Gasteiger partial charge in [0.15, 0.2) is 0 Å². The highest BCUT2D eigenvalue weighted by Crippen LogP contribution is 2.20. The number of carbonyl (C=O) groups excluding carboxylic acids is 1. The molecule has 0 bridgehead atoms. The summed E-state index contributed by atoms with van der Waals surface area (Å²) in [6.07, 6.45) is 0.492. The third kappa shape index (κ3) is 3.18. The van der Waals surface area contributed by atoms with Gasteiger partial charge < -0.3 is 19.7 Å². The van der Waals surface area contributed by atoms with Gasteiger partial charge >= 0.3 is 0 Å². The van der Waals surface area contributed by atoms with Crippen molar-refractivity contribution in [1.82, 2.24) is 10.2 Å². The molecular weight excluding hydrogens is 220 g/mol. The second-order valence-corrected chi connectivity index (χ2v) is 5.31. The van der Waals surface area contributed by atoms with E-state index in [1.165, 1.54) is 0 Å². The molecule has 0 aliphatic carbocycles. The highest BCUT2D eigenvalue weighted by molar-refractivity contribution is 5.77. The molecule has 0 saturated carbocycles. The van der Waals surface area contributed by atoms with Gasteiger partial charge in [0, 0.05) is 19.6 Å². The van der Waals surface area contributed by atoms with Crippen molar-refractivity contribution < 1.29 is 14.3 Å². The van der Waals surface area contributed by atoms with Crippen LogP contribution in [0.1, 0.15) is 20.3 Å². The topological polar surface area (TPSA) is 50.8 Å². The summed E-state index contributed by atoms with van der Waals surface area (Å²) in [5.41, 5.74) is -0.197. The van der Waals surface area contributed by atoms with Crippen LogP contribution < -0.4 is 5.32 Å². The zero-order valence-electron chi connectivity index (χ0n) is 10.7. The molecule has 1 N–H and O–H groups in total. The lowest BCUT2D eigenvalue weighted by Crippen LogP contribution is -2.56. The number of nitrogens with one attached hydrogen (secondary N) is 1. The predicted molar refractivity (Wildman–Crippen MR) is 63.8 cm³/mol. The lowest BCUT2D eigenvalue weighted by Gasteiger charge is -2.42. The van der Waals surface area contributed by atoms with Gasteiger partial charge in [0.1, 0.15) is 0 Å². The van der Waals surface area contributed by atoms with Gasteiger partial charge in [-0.15, -0.1) is 0 Å². The molecule has 1 amide bonds. The van der Waals surface area contributed by atoms with Crippen molar-refractivity contribution in [3.63, 3.8) is 0 Å². The first-order valence-corrected chi connectivity index (χ1v) is 6.30. The summed E-state index contributed by atoms with van der Waals surface area (Å²) in [5, 5.41) is 3.24. The molecule has 2 aliphatic rings. The van der Waals surface area contributed by atoms with Crippen LogP contribution in [0.25, 0.3) is 0 Å². The Morgan fingerprint density at radius 1 is 1.47 bits per heavy atom. The quantitative estimate of drug-likeness (QED) is 0.740. The van der Waals surface area contributed by atoms with Gasteiger partial charge in [-0.25, -0.2) is 0 Å². The molecule has 0 aromatic carbocycles. The van der Waals surface area contributed by atoms with Gasteiger partial charge in [0.05, 0.1) is 37.9 Å². The summed E-state index contributed by atoms with van der Waals surface area (Å²) < 4.78 is 11.0. The number of rotatable bonds is 2. The maximum atomic E-state index is 12.2. The predicted octanol–water partition coefficient (Wildman–Crippen LogP) is 0.00230. The van der Waals surface area contributed by atoms with Crippen molar-refractivity contribution in [1.29, 1.82) is 0 Å². The van der Waals surface area contributed by atoms with Crippen molar-refractivity contribution in [2.45, 2.75) is 31.9 Å². The van der Waals surface area contributed by atoms with Gasteiger partial charge in [0.2, 0.25) is 5.91 Å². The highest BCUT2D eigenvalue weighted by Gasteiger charge is 2.35. The van der Waals surface area contributed by atoms with E-state index >= 15 is 0 Å².